The van der Waals surface area contributed by atoms with Gasteiger partial charge in [0, 0.05) is 6.54 Å². The van der Waals surface area contributed by atoms with Gasteiger partial charge in [-0.1, -0.05) is 17.7 Å². The highest BCUT2D eigenvalue weighted by Gasteiger charge is 2.21. The Hall–Kier alpha value is -1.61. The van der Waals surface area contributed by atoms with E-state index < -0.39 is 0 Å². The maximum absolute atomic E-state index is 5.87. The highest BCUT2D eigenvalue weighted by molar-refractivity contribution is 5.40. The van der Waals surface area contributed by atoms with Crippen LogP contribution in [0.2, 0.25) is 0 Å². The molecule has 0 aliphatic heterocycles. The van der Waals surface area contributed by atoms with Crippen molar-refractivity contribution in [2.75, 3.05) is 0 Å². The fourth-order valence-corrected chi connectivity index (χ4v) is 2.57. The SMILES string of the molecule is Cc1ccc(-n2nc3c(c2CN)CCC3)cc1. The summed E-state index contributed by atoms with van der Waals surface area (Å²) in [6.07, 6.45) is 3.45. The van der Waals surface area contributed by atoms with Crippen LogP contribution in [0, 0.1) is 6.92 Å². The lowest BCUT2D eigenvalue weighted by Crippen LogP contribution is -2.09. The molecule has 1 aliphatic carbocycles. The zero-order valence-electron chi connectivity index (χ0n) is 10.1. The van der Waals surface area contributed by atoms with E-state index in [9.17, 15) is 0 Å². The Bertz CT molecular complexity index is 537. The summed E-state index contributed by atoms with van der Waals surface area (Å²) < 4.78 is 2.02. The van der Waals surface area contributed by atoms with Crippen molar-refractivity contribution in [3.8, 4) is 5.69 Å². The Balaban J connectivity index is 2.11. The Morgan fingerprint density at radius 2 is 2.00 bits per heavy atom. The van der Waals surface area contributed by atoms with Gasteiger partial charge in [-0.05, 0) is 43.9 Å². The number of benzene rings is 1. The first-order valence-electron chi connectivity index (χ1n) is 6.16. The largest absolute Gasteiger partial charge is 0.325 e. The topological polar surface area (TPSA) is 43.8 Å². The number of nitrogens with zero attached hydrogens (tertiary/aromatic N) is 2. The molecule has 3 heteroatoms. The van der Waals surface area contributed by atoms with Gasteiger partial charge in [0.2, 0.25) is 0 Å². The first-order valence-corrected chi connectivity index (χ1v) is 6.16. The quantitative estimate of drug-likeness (QED) is 0.854. The van der Waals surface area contributed by atoms with Crippen LogP contribution in [0.3, 0.4) is 0 Å². The van der Waals surface area contributed by atoms with E-state index in [1.54, 1.807) is 0 Å². The number of hydrogen-bond acceptors (Lipinski definition) is 2. The van der Waals surface area contributed by atoms with E-state index in [4.69, 9.17) is 10.8 Å². The number of nitrogens with two attached hydrogens (primary N) is 1. The summed E-state index contributed by atoms with van der Waals surface area (Å²) in [4.78, 5) is 0. The van der Waals surface area contributed by atoms with Gasteiger partial charge in [0.1, 0.15) is 0 Å². The number of aromatic nitrogens is 2. The lowest BCUT2D eigenvalue weighted by Gasteiger charge is -2.07. The summed E-state index contributed by atoms with van der Waals surface area (Å²) in [5, 5.41) is 4.70. The smallest absolute Gasteiger partial charge is 0.0664 e. The van der Waals surface area contributed by atoms with Gasteiger partial charge in [-0.25, -0.2) is 4.68 Å². The normalized spacial score (nSPS) is 14.0. The first-order chi connectivity index (χ1) is 8.29. The third-order valence-electron chi connectivity index (χ3n) is 3.49. The minimum atomic E-state index is 0.566. The number of aryl methyl sites for hydroxylation is 2. The van der Waals surface area contributed by atoms with Crippen LogP contribution in [0.1, 0.15) is 28.9 Å². The van der Waals surface area contributed by atoms with Crippen molar-refractivity contribution in [1.82, 2.24) is 9.78 Å². The molecule has 0 amide bonds. The van der Waals surface area contributed by atoms with Gasteiger partial charge in [0.05, 0.1) is 17.1 Å². The third-order valence-corrected chi connectivity index (χ3v) is 3.49. The molecule has 0 spiro atoms. The summed E-state index contributed by atoms with van der Waals surface area (Å²) in [6.45, 7) is 2.66. The van der Waals surface area contributed by atoms with Crippen LogP contribution in [-0.4, -0.2) is 9.78 Å². The van der Waals surface area contributed by atoms with E-state index in [1.807, 2.05) is 4.68 Å². The molecule has 3 rings (SSSR count). The van der Waals surface area contributed by atoms with E-state index >= 15 is 0 Å². The summed E-state index contributed by atoms with van der Waals surface area (Å²) in [7, 11) is 0. The van der Waals surface area contributed by atoms with Crippen molar-refractivity contribution in [3.05, 3.63) is 46.8 Å². The maximum Gasteiger partial charge on any atom is 0.0664 e. The Morgan fingerprint density at radius 3 is 2.71 bits per heavy atom. The lowest BCUT2D eigenvalue weighted by molar-refractivity contribution is 0.752. The summed E-state index contributed by atoms with van der Waals surface area (Å²) in [6, 6.07) is 8.44. The van der Waals surface area contributed by atoms with E-state index in [1.165, 1.54) is 28.9 Å². The van der Waals surface area contributed by atoms with Gasteiger partial charge in [0.15, 0.2) is 0 Å². The van der Waals surface area contributed by atoms with Crippen LogP contribution in [0.4, 0.5) is 0 Å². The Kier molecular flexibility index (Phi) is 2.48. The van der Waals surface area contributed by atoms with Gasteiger partial charge in [-0.15, -0.1) is 0 Å². The molecule has 0 saturated heterocycles. The molecule has 0 atom stereocenters. The van der Waals surface area contributed by atoms with Crippen molar-refractivity contribution >= 4 is 0 Å². The second-order valence-electron chi connectivity index (χ2n) is 4.68. The molecule has 0 bridgehead atoms. The van der Waals surface area contributed by atoms with Crippen LogP contribution >= 0.6 is 0 Å². The fraction of sp³-hybridized carbons (Fsp3) is 0.357. The third kappa shape index (κ3) is 1.67. The average molecular weight is 227 g/mol. The molecule has 1 aliphatic rings. The van der Waals surface area contributed by atoms with E-state index in [-0.39, 0.29) is 0 Å². The summed E-state index contributed by atoms with van der Waals surface area (Å²) in [5.41, 5.74) is 12.1. The minimum absolute atomic E-state index is 0.566. The number of rotatable bonds is 2. The molecule has 3 nitrogen and oxygen atoms in total. The van der Waals surface area contributed by atoms with E-state index in [0.717, 1.165) is 18.5 Å². The molecule has 0 fully saturated rings. The van der Waals surface area contributed by atoms with Crippen LogP contribution in [0.15, 0.2) is 24.3 Å². The van der Waals surface area contributed by atoms with Crippen LogP contribution in [0.5, 0.6) is 0 Å². The van der Waals surface area contributed by atoms with Crippen molar-refractivity contribution in [3.63, 3.8) is 0 Å². The molecule has 88 valence electrons. The molecule has 0 saturated carbocycles. The van der Waals surface area contributed by atoms with Crippen LogP contribution < -0.4 is 5.73 Å². The van der Waals surface area contributed by atoms with Crippen molar-refractivity contribution < 1.29 is 0 Å². The molecular weight excluding hydrogens is 210 g/mol. The monoisotopic (exact) mass is 227 g/mol. The average Bonchev–Trinajstić information content (AvgIpc) is 2.89. The predicted molar refractivity (Wildman–Crippen MR) is 68.2 cm³/mol. The van der Waals surface area contributed by atoms with Crippen molar-refractivity contribution in [2.24, 2.45) is 5.73 Å². The van der Waals surface area contributed by atoms with Crippen molar-refractivity contribution in [1.29, 1.82) is 0 Å². The van der Waals surface area contributed by atoms with Crippen LogP contribution in [-0.2, 0) is 19.4 Å². The highest BCUT2D eigenvalue weighted by atomic mass is 15.3. The maximum atomic E-state index is 5.87. The minimum Gasteiger partial charge on any atom is -0.325 e. The highest BCUT2D eigenvalue weighted by Crippen LogP contribution is 2.26. The van der Waals surface area contributed by atoms with Crippen LogP contribution in [0.25, 0.3) is 5.69 Å². The van der Waals surface area contributed by atoms with Gasteiger partial charge in [-0.2, -0.15) is 5.10 Å². The predicted octanol–water partition coefficient (Wildman–Crippen LogP) is 2.13. The van der Waals surface area contributed by atoms with Gasteiger partial charge < -0.3 is 5.73 Å². The molecular formula is C14H17N3. The molecule has 2 aromatic rings. The Morgan fingerprint density at radius 1 is 1.24 bits per heavy atom. The van der Waals surface area contributed by atoms with Gasteiger partial charge in [-0.3, -0.25) is 0 Å². The van der Waals surface area contributed by atoms with Gasteiger partial charge >= 0.3 is 0 Å². The van der Waals surface area contributed by atoms with E-state index in [2.05, 4.69) is 31.2 Å². The standard InChI is InChI=1S/C14H17N3/c1-10-5-7-11(8-6-10)17-14(9-15)12-3-2-4-13(12)16-17/h5-8H,2-4,9,15H2,1H3. The van der Waals surface area contributed by atoms with E-state index in [0.29, 0.717) is 6.54 Å². The molecule has 2 N–H and O–H groups in total. The molecule has 1 aromatic carbocycles. The number of hydrogen-bond donors (Lipinski definition) is 1. The molecule has 0 radical (unpaired) electrons. The van der Waals surface area contributed by atoms with Crippen molar-refractivity contribution in [2.45, 2.75) is 32.7 Å². The zero-order valence-corrected chi connectivity index (χ0v) is 10.1. The first kappa shape index (κ1) is 10.5. The fourth-order valence-electron chi connectivity index (χ4n) is 2.57. The molecule has 1 aromatic heterocycles. The molecule has 0 unspecified atom stereocenters. The second-order valence-corrected chi connectivity index (χ2v) is 4.68. The lowest BCUT2D eigenvalue weighted by atomic mass is 10.2. The zero-order chi connectivity index (χ0) is 11.8. The Labute approximate surface area is 101 Å². The summed E-state index contributed by atoms with van der Waals surface area (Å²) >= 11 is 0. The number of fused-ring (bicyclic) bond motifs is 1. The second kappa shape index (κ2) is 4.00. The molecule has 1 heterocycles. The molecule has 17 heavy (non-hydrogen) atoms. The van der Waals surface area contributed by atoms with Gasteiger partial charge in [0.25, 0.3) is 0 Å². The summed E-state index contributed by atoms with van der Waals surface area (Å²) in [5.74, 6) is 0.